The van der Waals surface area contributed by atoms with Crippen molar-refractivity contribution in [2.75, 3.05) is 13.6 Å². The minimum atomic E-state index is -2.34. The highest BCUT2D eigenvalue weighted by molar-refractivity contribution is 5.00. The van der Waals surface area contributed by atoms with Crippen LogP contribution in [-0.4, -0.2) is 19.4 Å². The quantitative estimate of drug-likeness (QED) is 0.529. The Balaban J connectivity index is 2.02. The zero-order valence-corrected chi connectivity index (χ0v) is 5.39. The van der Waals surface area contributed by atoms with Gasteiger partial charge in [0.15, 0.2) is 5.79 Å². The molecule has 0 aromatic heterocycles. The van der Waals surface area contributed by atoms with Gasteiger partial charge in [-0.15, -0.1) is 0 Å². The lowest BCUT2D eigenvalue weighted by atomic mass is 10.2. The Hall–Kier alpha value is -0.0800. The van der Waals surface area contributed by atoms with Gasteiger partial charge in [-0.2, -0.15) is 0 Å². The van der Waals surface area contributed by atoms with E-state index < -0.39 is 12.8 Å². The standard InChI is InChI=1S/C7H12O2/c1-7(8-2)6-3-5(6)4-9-7/h5-6H,3-4H2,1-2H3/t5-,6-,7-/m0/s1/i2D3. The molecule has 0 aromatic carbocycles. The summed E-state index contributed by atoms with van der Waals surface area (Å²) >= 11 is 0. The summed E-state index contributed by atoms with van der Waals surface area (Å²) in [6.45, 7) is 2.37. The topological polar surface area (TPSA) is 18.5 Å². The SMILES string of the molecule is [2H]C([2H])([2H])O[C@@]1(C)OC[C@@H]2C[C@@H]21. The van der Waals surface area contributed by atoms with Crippen LogP contribution >= 0.6 is 0 Å². The molecule has 0 unspecified atom stereocenters. The van der Waals surface area contributed by atoms with E-state index in [-0.39, 0.29) is 0 Å². The molecule has 1 heterocycles. The van der Waals surface area contributed by atoms with Crippen LogP contribution < -0.4 is 0 Å². The average Bonchev–Trinajstić information content (AvgIpc) is 2.52. The Morgan fingerprint density at radius 2 is 2.78 bits per heavy atom. The first kappa shape index (κ1) is 3.35. The summed E-state index contributed by atoms with van der Waals surface area (Å²) in [6, 6.07) is 0. The Labute approximate surface area is 59.4 Å². The van der Waals surface area contributed by atoms with Crippen molar-refractivity contribution in [2.45, 2.75) is 19.1 Å². The molecule has 9 heavy (non-hydrogen) atoms. The fraction of sp³-hybridized carbons (Fsp3) is 1.00. The van der Waals surface area contributed by atoms with Crippen LogP contribution in [0.3, 0.4) is 0 Å². The lowest BCUT2D eigenvalue weighted by Crippen LogP contribution is -2.29. The monoisotopic (exact) mass is 131 g/mol. The van der Waals surface area contributed by atoms with Crippen molar-refractivity contribution < 1.29 is 13.6 Å². The molecule has 3 atom stereocenters. The van der Waals surface area contributed by atoms with Crippen LogP contribution in [-0.2, 0) is 9.47 Å². The second-order valence-electron chi connectivity index (χ2n) is 3.03. The predicted molar refractivity (Wildman–Crippen MR) is 33.0 cm³/mol. The van der Waals surface area contributed by atoms with Gasteiger partial charge in [0.2, 0.25) is 0 Å². The minimum absolute atomic E-state index is 0.304. The van der Waals surface area contributed by atoms with Crippen LogP contribution in [0, 0.1) is 11.8 Å². The summed E-state index contributed by atoms with van der Waals surface area (Å²) in [5.74, 6) is -0.00843. The molecule has 0 spiro atoms. The Kier molecular flexibility index (Phi) is 0.557. The lowest BCUT2D eigenvalue weighted by Gasteiger charge is -2.23. The summed E-state index contributed by atoms with van der Waals surface area (Å²) in [5.41, 5.74) is 0. The second kappa shape index (κ2) is 1.50. The molecule has 2 aliphatic rings. The van der Waals surface area contributed by atoms with Crippen LogP contribution in [0.4, 0.5) is 0 Å². The van der Waals surface area contributed by atoms with Crippen LogP contribution in [0.15, 0.2) is 0 Å². The normalized spacial score (nSPS) is 61.7. The maximum Gasteiger partial charge on any atom is 0.168 e. The number of ether oxygens (including phenoxy) is 2. The number of hydrogen-bond donors (Lipinski definition) is 0. The van der Waals surface area contributed by atoms with Crippen LogP contribution in [0.1, 0.15) is 17.5 Å². The van der Waals surface area contributed by atoms with Crippen molar-refractivity contribution in [3.63, 3.8) is 0 Å². The van der Waals surface area contributed by atoms with Crippen LogP contribution in [0.25, 0.3) is 0 Å². The van der Waals surface area contributed by atoms with Crippen molar-refractivity contribution in [3.05, 3.63) is 0 Å². The molecule has 2 fully saturated rings. The Morgan fingerprint density at radius 1 is 1.89 bits per heavy atom. The van der Waals surface area contributed by atoms with E-state index in [0.29, 0.717) is 18.4 Å². The fourth-order valence-corrected chi connectivity index (χ4v) is 1.56. The Bertz CT molecular complexity index is 203. The van der Waals surface area contributed by atoms with Gasteiger partial charge >= 0.3 is 0 Å². The molecule has 2 rings (SSSR count). The van der Waals surface area contributed by atoms with Gasteiger partial charge in [-0.05, 0) is 19.3 Å². The molecule has 2 nitrogen and oxygen atoms in total. The first-order chi connectivity index (χ1) is 5.41. The van der Waals surface area contributed by atoms with Crippen molar-refractivity contribution in [3.8, 4) is 0 Å². The van der Waals surface area contributed by atoms with Gasteiger partial charge in [0.25, 0.3) is 0 Å². The van der Waals surface area contributed by atoms with E-state index in [4.69, 9.17) is 13.6 Å². The largest absolute Gasteiger partial charge is 0.353 e. The number of rotatable bonds is 1. The smallest absolute Gasteiger partial charge is 0.168 e. The molecular formula is C7H12O2. The molecule has 0 aromatic rings. The molecule has 1 saturated heterocycles. The third-order valence-corrected chi connectivity index (χ3v) is 2.38. The predicted octanol–water partition coefficient (Wildman–Crippen LogP) is 1.02. The number of methoxy groups -OCH3 is 1. The molecule has 52 valence electrons. The van der Waals surface area contributed by atoms with E-state index in [1.807, 2.05) is 0 Å². The summed E-state index contributed by atoms with van der Waals surface area (Å²) in [5, 5.41) is 0. The second-order valence-corrected chi connectivity index (χ2v) is 3.03. The summed E-state index contributed by atoms with van der Waals surface area (Å²) in [7, 11) is -2.34. The lowest BCUT2D eigenvalue weighted by molar-refractivity contribution is -0.198. The van der Waals surface area contributed by atoms with E-state index >= 15 is 0 Å². The van der Waals surface area contributed by atoms with Gasteiger partial charge in [-0.1, -0.05) is 0 Å². The van der Waals surface area contributed by atoms with Crippen molar-refractivity contribution in [1.29, 1.82) is 0 Å². The highest BCUT2D eigenvalue weighted by atomic mass is 16.7. The Morgan fingerprint density at radius 3 is 3.22 bits per heavy atom. The van der Waals surface area contributed by atoms with Crippen LogP contribution in [0.5, 0.6) is 0 Å². The molecule has 0 radical (unpaired) electrons. The molecule has 0 N–H and O–H groups in total. The maximum absolute atomic E-state index is 6.96. The first-order valence-corrected chi connectivity index (χ1v) is 3.25. The van der Waals surface area contributed by atoms with E-state index in [2.05, 4.69) is 0 Å². The van der Waals surface area contributed by atoms with Gasteiger partial charge in [0.1, 0.15) is 0 Å². The third kappa shape index (κ3) is 0.634. The fourth-order valence-electron chi connectivity index (χ4n) is 1.56. The van der Waals surface area contributed by atoms with Gasteiger partial charge in [0, 0.05) is 13.0 Å². The van der Waals surface area contributed by atoms with Crippen molar-refractivity contribution in [1.82, 2.24) is 0 Å². The van der Waals surface area contributed by atoms with Gasteiger partial charge in [-0.25, -0.2) is 0 Å². The highest BCUT2D eigenvalue weighted by Crippen LogP contribution is 2.54. The molecule has 0 bridgehead atoms. The molecular weight excluding hydrogens is 116 g/mol. The highest BCUT2D eigenvalue weighted by Gasteiger charge is 2.57. The van der Waals surface area contributed by atoms with Gasteiger partial charge in [0.05, 0.1) is 10.7 Å². The van der Waals surface area contributed by atoms with E-state index in [0.717, 1.165) is 6.42 Å². The number of hydrogen-bond acceptors (Lipinski definition) is 2. The molecule has 2 heteroatoms. The number of fused-ring (bicyclic) bond motifs is 1. The molecule has 1 aliphatic heterocycles. The van der Waals surface area contributed by atoms with Gasteiger partial charge in [-0.3, -0.25) is 0 Å². The molecule has 1 saturated carbocycles. The summed E-state index contributed by atoms with van der Waals surface area (Å²) < 4.78 is 31.1. The van der Waals surface area contributed by atoms with Crippen molar-refractivity contribution >= 4 is 0 Å². The summed E-state index contributed by atoms with van der Waals surface area (Å²) in [4.78, 5) is 0. The van der Waals surface area contributed by atoms with E-state index in [1.165, 1.54) is 0 Å². The third-order valence-electron chi connectivity index (χ3n) is 2.38. The minimum Gasteiger partial charge on any atom is -0.353 e. The molecule has 1 aliphatic carbocycles. The molecule has 0 amide bonds. The van der Waals surface area contributed by atoms with Crippen LogP contribution in [0.2, 0.25) is 0 Å². The first-order valence-electron chi connectivity index (χ1n) is 4.75. The summed E-state index contributed by atoms with van der Waals surface area (Å²) in [6.07, 6.45) is 1.05. The zero-order chi connectivity index (χ0) is 8.98. The average molecular weight is 131 g/mol. The zero-order valence-electron chi connectivity index (χ0n) is 8.39. The maximum atomic E-state index is 6.96. The van der Waals surface area contributed by atoms with E-state index in [9.17, 15) is 0 Å². The van der Waals surface area contributed by atoms with E-state index in [1.54, 1.807) is 6.92 Å². The van der Waals surface area contributed by atoms with Gasteiger partial charge < -0.3 is 9.47 Å². The van der Waals surface area contributed by atoms with Crippen molar-refractivity contribution in [2.24, 2.45) is 11.8 Å².